The highest BCUT2D eigenvalue weighted by molar-refractivity contribution is 6.33. The van der Waals surface area contributed by atoms with E-state index in [9.17, 15) is 14.0 Å². The summed E-state index contributed by atoms with van der Waals surface area (Å²) in [5.41, 5.74) is -0.186. The molecule has 0 fully saturated rings. The molecule has 0 saturated heterocycles. The van der Waals surface area contributed by atoms with Crippen LogP contribution in [0.25, 0.3) is 0 Å². The number of hydrogen-bond donors (Lipinski definition) is 2. The summed E-state index contributed by atoms with van der Waals surface area (Å²) in [6.45, 7) is 1.73. The van der Waals surface area contributed by atoms with Gasteiger partial charge in [0.05, 0.1) is 10.6 Å². The van der Waals surface area contributed by atoms with Gasteiger partial charge in [-0.2, -0.15) is 0 Å². The summed E-state index contributed by atoms with van der Waals surface area (Å²) < 4.78 is 13.5. The number of carbonyl (C=O) groups excluding carboxylic acids is 1. The molecule has 0 bridgehead atoms. The van der Waals surface area contributed by atoms with Crippen LogP contribution in [0.5, 0.6) is 0 Å². The lowest BCUT2D eigenvalue weighted by molar-refractivity contribution is -0.137. The van der Waals surface area contributed by atoms with Crippen molar-refractivity contribution in [2.45, 2.75) is 32.2 Å². The molecule has 0 aromatic heterocycles. The average molecular weight is 288 g/mol. The van der Waals surface area contributed by atoms with Crippen molar-refractivity contribution >= 4 is 23.5 Å². The molecule has 0 spiro atoms. The minimum absolute atomic E-state index is 0.0423. The Bertz CT molecular complexity index is 459. The number of halogens is 2. The van der Waals surface area contributed by atoms with Crippen LogP contribution in [-0.2, 0) is 4.79 Å². The Kier molecular flexibility index (Phi) is 5.76. The van der Waals surface area contributed by atoms with Crippen molar-refractivity contribution in [2.24, 2.45) is 0 Å². The van der Waals surface area contributed by atoms with E-state index in [1.54, 1.807) is 6.92 Å². The smallest absolute Gasteiger partial charge is 0.303 e. The van der Waals surface area contributed by atoms with E-state index in [2.05, 4.69) is 5.32 Å². The number of carbonyl (C=O) groups is 2. The van der Waals surface area contributed by atoms with Crippen LogP contribution < -0.4 is 5.32 Å². The molecule has 19 heavy (non-hydrogen) atoms. The van der Waals surface area contributed by atoms with E-state index in [4.69, 9.17) is 16.7 Å². The average Bonchev–Trinajstić information content (AvgIpc) is 2.27. The summed E-state index contributed by atoms with van der Waals surface area (Å²) in [5, 5.41) is 11.2. The molecule has 1 unspecified atom stereocenters. The van der Waals surface area contributed by atoms with Crippen LogP contribution in [0.4, 0.5) is 4.39 Å². The van der Waals surface area contributed by atoms with Crippen molar-refractivity contribution in [3.8, 4) is 0 Å². The third kappa shape index (κ3) is 4.87. The fourth-order valence-electron chi connectivity index (χ4n) is 1.64. The molecular weight excluding hydrogens is 273 g/mol. The molecule has 0 heterocycles. The van der Waals surface area contributed by atoms with Gasteiger partial charge in [-0.25, -0.2) is 4.39 Å². The maximum Gasteiger partial charge on any atom is 0.303 e. The third-order valence-corrected chi connectivity index (χ3v) is 2.91. The normalized spacial score (nSPS) is 11.9. The van der Waals surface area contributed by atoms with E-state index in [0.717, 1.165) is 6.07 Å². The molecule has 0 saturated carbocycles. The molecule has 1 amide bonds. The van der Waals surface area contributed by atoms with E-state index in [0.29, 0.717) is 12.8 Å². The van der Waals surface area contributed by atoms with Crippen molar-refractivity contribution in [3.63, 3.8) is 0 Å². The zero-order valence-corrected chi connectivity index (χ0v) is 11.2. The second-order valence-electron chi connectivity index (χ2n) is 4.26. The van der Waals surface area contributed by atoms with Gasteiger partial charge < -0.3 is 10.4 Å². The van der Waals surface area contributed by atoms with E-state index < -0.39 is 17.7 Å². The van der Waals surface area contributed by atoms with Crippen LogP contribution in [-0.4, -0.2) is 23.0 Å². The van der Waals surface area contributed by atoms with Crippen molar-refractivity contribution in [3.05, 3.63) is 34.6 Å². The number of nitrogens with one attached hydrogen (secondary N) is 1. The quantitative estimate of drug-likeness (QED) is 0.845. The van der Waals surface area contributed by atoms with Crippen LogP contribution >= 0.6 is 11.6 Å². The van der Waals surface area contributed by atoms with Gasteiger partial charge in [0, 0.05) is 12.5 Å². The lowest BCUT2D eigenvalue weighted by Crippen LogP contribution is -2.33. The second kappa shape index (κ2) is 7.09. The molecule has 0 aliphatic heterocycles. The van der Waals surface area contributed by atoms with Gasteiger partial charge in [-0.05, 0) is 31.9 Å². The number of rotatable bonds is 6. The minimum atomic E-state index is -0.879. The summed E-state index contributed by atoms with van der Waals surface area (Å²) >= 11 is 5.78. The van der Waals surface area contributed by atoms with Gasteiger partial charge in [0.15, 0.2) is 0 Å². The number of aliphatic carboxylic acids is 1. The van der Waals surface area contributed by atoms with Gasteiger partial charge in [-0.15, -0.1) is 0 Å². The molecule has 2 N–H and O–H groups in total. The van der Waals surface area contributed by atoms with E-state index >= 15 is 0 Å². The molecule has 1 rings (SSSR count). The highest BCUT2D eigenvalue weighted by Gasteiger charge is 2.17. The van der Waals surface area contributed by atoms with Crippen LogP contribution in [0.15, 0.2) is 18.2 Å². The lowest BCUT2D eigenvalue weighted by atomic mass is 10.1. The Morgan fingerprint density at radius 3 is 2.74 bits per heavy atom. The Labute approximate surface area is 115 Å². The largest absolute Gasteiger partial charge is 0.481 e. The van der Waals surface area contributed by atoms with Crippen molar-refractivity contribution in [1.29, 1.82) is 0 Å². The summed E-state index contributed by atoms with van der Waals surface area (Å²) in [4.78, 5) is 22.2. The van der Waals surface area contributed by atoms with E-state index in [-0.39, 0.29) is 23.0 Å². The number of hydrogen-bond acceptors (Lipinski definition) is 2. The highest BCUT2D eigenvalue weighted by Crippen LogP contribution is 2.19. The van der Waals surface area contributed by atoms with Gasteiger partial charge in [0.1, 0.15) is 5.82 Å². The second-order valence-corrected chi connectivity index (χ2v) is 4.66. The number of amides is 1. The Morgan fingerprint density at radius 1 is 1.47 bits per heavy atom. The van der Waals surface area contributed by atoms with Crippen LogP contribution in [0.2, 0.25) is 5.02 Å². The highest BCUT2D eigenvalue weighted by atomic mass is 35.5. The van der Waals surface area contributed by atoms with Crippen LogP contribution in [0.1, 0.15) is 36.5 Å². The standard InChI is InChI=1S/C13H15ClFNO3/c1-8(4-2-7-11(17)18)16-13(19)12-9(14)5-3-6-10(12)15/h3,5-6,8H,2,4,7H2,1H3,(H,16,19)(H,17,18). The lowest BCUT2D eigenvalue weighted by Gasteiger charge is -2.14. The Balaban J connectivity index is 2.57. The first-order valence-electron chi connectivity index (χ1n) is 5.88. The molecule has 104 valence electrons. The molecule has 0 radical (unpaired) electrons. The summed E-state index contributed by atoms with van der Waals surface area (Å²) in [7, 11) is 0. The van der Waals surface area contributed by atoms with Gasteiger partial charge in [-0.3, -0.25) is 9.59 Å². The zero-order chi connectivity index (χ0) is 14.4. The SMILES string of the molecule is CC(CCCC(=O)O)NC(=O)c1c(F)cccc1Cl. The Hall–Kier alpha value is -1.62. The van der Waals surface area contributed by atoms with Crippen molar-refractivity contribution < 1.29 is 19.1 Å². The first kappa shape index (κ1) is 15.4. The van der Waals surface area contributed by atoms with Gasteiger partial charge in [0.25, 0.3) is 5.91 Å². The molecule has 1 atom stereocenters. The molecule has 0 aliphatic carbocycles. The van der Waals surface area contributed by atoms with E-state index in [1.165, 1.54) is 12.1 Å². The van der Waals surface area contributed by atoms with Crippen molar-refractivity contribution in [1.82, 2.24) is 5.32 Å². The third-order valence-electron chi connectivity index (χ3n) is 2.60. The predicted molar refractivity (Wildman–Crippen MR) is 69.8 cm³/mol. The van der Waals surface area contributed by atoms with Gasteiger partial charge in [-0.1, -0.05) is 17.7 Å². The fourth-order valence-corrected chi connectivity index (χ4v) is 1.89. The molecule has 6 heteroatoms. The van der Waals surface area contributed by atoms with Crippen LogP contribution in [0, 0.1) is 5.82 Å². The summed E-state index contributed by atoms with van der Waals surface area (Å²) in [6.07, 6.45) is 0.993. The number of carboxylic acids is 1. The molecule has 1 aromatic rings. The Morgan fingerprint density at radius 2 is 2.16 bits per heavy atom. The van der Waals surface area contributed by atoms with Crippen LogP contribution in [0.3, 0.4) is 0 Å². The topological polar surface area (TPSA) is 66.4 Å². The summed E-state index contributed by atoms with van der Waals surface area (Å²) in [5.74, 6) is -2.15. The summed E-state index contributed by atoms with van der Waals surface area (Å²) in [6, 6.07) is 3.78. The number of benzene rings is 1. The maximum atomic E-state index is 13.5. The van der Waals surface area contributed by atoms with Crippen molar-refractivity contribution in [2.75, 3.05) is 0 Å². The molecule has 4 nitrogen and oxygen atoms in total. The van der Waals surface area contributed by atoms with Gasteiger partial charge >= 0.3 is 5.97 Å². The monoisotopic (exact) mass is 287 g/mol. The van der Waals surface area contributed by atoms with Gasteiger partial charge in [0.2, 0.25) is 0 Å². The fraction of sp³-hybridized carbons (Fsp3) is 0.385. The molecular formula is C13H15ClFNO3. The zero-order valence-electron chi connectivity index (χ0n) is 10.5. The molecule has 0 aliphatic rings. The first-order valence-corrected chi connectivity index (χ1v) is 6.26. The predicted octanol–water partition coefficient (Wildman–Crippen LogP) is 2.85. The molecule has 1 aromatic carbocycles. The maximum absolute atomic E-state index is 13.5. The first-order chi connectivity index (χ1) is 8.91. The van der Waals surface area contributed by atoms with E-state index in [1.807, 2.05) is 0 Å². The minimum Gasteiger partial charge on any atom is -0.481 e. The number of carboxylic acid groups (broad SMARTS) is 1.